The normalized spacial score (nSPS) is 15.3. The number of aromatic nitrogens is 5. The monoisotopic (exact) mass is 422 g/mol. The molecule has 0 aliphatic carbocycles. The summed E-state index contributed by atoms with van der Waals surface area (Å²) in [7, 11) is 1.43. The van der Waals surface area contributed by atoms with Crippen LogP contribution in [-0.4, -0.2) is 62.4 Å². The first-order valence-corrected chi connectivity index (χ1v) is 11.1. The van der Waals surface area contributed by atoms with Gasteiger partial charge in [-0.2, -0.15) is 4.80 Å². The van der Waals surface area contributed by atoms with Crippen molar-refractivity contribution in [3.8, 4) is 11.4 Å². The van der Waals surface area contributed by atoms with Gasteiger partial charge in [0.05, 0.1) is 13.7 Å². The fraction of sp³-hybridized carbons (Fsp3) is 0.478. The second kappa shape index (κ2) is 10.3. The zero-order chi connectivity index (χ0) is 21.5. The third kappa shape index (κ3) is 5.38. The summed E-state index contributed by atoms with van der Waals surface area (Å²) in [5.74, 6) is 0.423. The minimum Gasteiger partial charge on any atom is -0.464 e. The van der Waals surface area contributed by atoms with E-state index in [1.54, 1.807) is 4.80 Å². The maximum Gasteiger partial charge on any atom is 0.354 e. The maximum atomic E-state index is 11.9. The molecule has 0 atom stereocenters. The molecule has 1 saturated heterocycles. The first-order valence-electron chi connectivity index (χ1n) is 11.1. The number of methoxy groups -OCH3 is 1. The number of hydrogen-bond donors (Lipinski definition) is 0. The summed E-state index contributed by atoms with van der Waals surface area (Å²) in [5, 5.41) is 12.8. The molecule has 0 bridgehead atoms. The lowest BCUT2D eigenvalue weighted by atomic mass is 10.0. The SMILES string of the molecule is COC(=O)c1cccn1C1CCN(CCCCCn2nnc(-c3ccccc3)n2)CC1. The number of rotatable bonds is 9. The van der Waals surface area contributed by atoms with Gasteiger partial charge in [0, 0.05) is 30.9 Å². The summed E-state index contributed by atoms with van der Waals surface area (Å²) < 4.78 is 6.98. The average molecular weight is 423 g/mol. The van der Waals surface area contributed by atoms with E-state index >= 15 is 0 Å². The zero-order valence-corrected chi connectivity index (χ0v) is 18.1. The van der Waals surface area contributed by atoms with Crippen LogP contribution in [0.1, 0.15) is 48.6 Å². The molecule has 0 radical (unpaired) electrons. The van der Waals surface area contributed by atoms with Crippen LogP contribution in [-0.2, 0) is 11.3 Å². The van der Waals surface area contributed by atoms with E-state index < -0.39 is 0 Å². The Balaban J connectivity index is 1.14. The van der Waals surface area contributed by atoms with Gasteiger partial charge in [-0.3, -0.25) is 0 Å². The van der Waals surface area contributed by atoms with Crippen molar-refractivity contribution in [3.63, 3.8) is 0 Å². The van der Waals surface area contributed by atoms with E-state index in [-0.39, 0.29) is 5.97 Å². The Morgan fingerprint density at radius 3 is 2.58 bits per heavy atom. The van der Waals surface area contributed by atoms with Gasteiger partial charge in [-0.1, -0.05) is 36.8 Å². The van der Waals surface area contributed by atoms with Gasteiger partial charge in [-0.05, 0) is 49.6 Å². The number of aryl methyl sites for hydroxylation is 1. The fourth-order valence-corrected chi connectivity index (χ4v) is 4.22. The van der Waals surface area contributed by atoms with Gasteiger partial charge in [0.1, 0.15) is 5.69 Å². The van der Waals surface area contributed by atoms with Crippen molar-refractivity contribution in [1.29, 1.82) is 0 Å². The Morgan fingerprint density at radius 2 is 1.81 bits per heavy atom. The first-order chi connectivity index (χ1) is 15.2. The molecule has 0 unspecified atom stereocenters. The number of piperidine rings is 1. The van der Waals surface area contributed by atoms with E-state index in [2.05, 4.69) is 24.9 Å². The van der Waals surface area contributed by atoms with Crippen LogP contribution in [0.4, 0.5) is 0 Å². The number of tetrazole rings is 1. The molecule has 8 nitrogen and oxygen atoms in total. The molecule has 4 rings (SSSR count). The minimum absolute atomic E-state index is 0.259. The number of hydrogen-bond acceptors (Lipinski definition) is 6. The second-order valence-electron chi connectivity index (χ2n) is 8.00. The Morgan fingerprint density at radius 1 is 1.03 bits per heavy atom. The molecule has 1 aromatic carbocycles. The van der Waals surface area contributed by atoms with Crippen LogP contribution in [0.15, 0.2) is 48.7 Å². The second-order valence-corrected chi connectivity index (χ2v) is 8.00. The highest BCUT2D eigenvalue weighted by molar-refractivity contribution is 5.87. The van der Waals surface area contributed by atoms with Crippen molar-refractivity contribution in [3.05, 3.63) is 54.4 Å². The van der Waals surface area contributed by atoms with Gasteiger partial charge >= 0.3 is 5.97 Å². The lowest BCUT2D eigenvalue weighted by molar-refractivity contribution is 0.0582. The third-order valence-electron chi connectivity index (χ3n) is 5.94. The molecule has 0 amide bonds. The van der Waals surface area contributed by atoms with Gasteiger partial charge in [-0.15, -0.1) is 10.2 Å². The number of carbonyl (C=O) groups excluding carboxylic acids is 1. The number of nitrogens with zero attached hydrogens (tertiary/aromatic N) is 6. The van der Waals surface area contributed by atoms with E-state index in [0.29, 0.717) is 17.6 Å². The molecule has 0 spiro atoms. The van der Waals surface area contributed by atoms with Crippen LogP contribution in [0.5, 0.6) is 0 Å². The molecule has 1 fully saturated rings. The van der Waals surface area contributed by atoms with Gasteiger partial charge in [0.2, 0.25) is 5.82 Å². The van der Waals surface area contributed by atoms with Crippen molar-refractivity contribution in [1.82, 2.24) is 29.7 Å². The molecule has 3 aromatic rings. The standard InChI is InChI=1S/C23H30N6O2/c1-31-23(30)21-11-8-15-28(21)20-12-17-27(18-13-20)14-6-3-7-16-29-25-22(24-26-29)19-9-4-2-5-10-19/h2,4-5,8-11,15,20H,3,6-7,12-14,16-18H2,1H3. The Bertz CT molecular complexity index is 959. The molecule has 1 aliphatic heterocycles. The summed E-state index contributed by atoms with van der Waals surface area (Å²) >= 11 is 0. The molecule has 164 valence electrons. The third-order valence-corrected chi connectivity index (χ3v) is 5.94. The quantitative estimate of drug-likeness (QED) is 0.388. The summed E-state index contributed by atoms with van der Waals surface area (Å²) in [6, 6.07) is 14.1. The van der Waals surface area contributed by atoms with Crippen molar-refractivity contribution in [2.75, 3.05) is 26.7 Å². The van der Waals surface area contributed by atoms with Crippen LogP contribution in [0, 0.1) is 0 Å². The highest BCUT2D eigenvalue weighted by Crippen LogP contribution is 2.25. The lowest BCUT2D eigenvalue weighted by Gasteiger charge is -2.33. The Kier molecular flexibility index (Phi) is 7.09. The molecule has 31 heavy (non-hydrogen) atoms. The highest BCUT2D eigenvalue weighted by Gasteiger charge is 2.23. The van der Waals surface area contributed by atoms with E-state index in [9.17, 15) is 4.79 Å². The molecule has 1 aliphatic rings. The number of unbranched alkanes of at least 4 members (excludes halogenated alkanes) is 2. The molecule has 8 heteroatoms. The molecular weight excluding hydrogens is 392 g/mol. The Labute approximate surface area is 182 Å². The zero-order valence-electron chi connectivity index (χ0n) is 18.1. The van der Waals surface area contributed by atoms with Crippen molar-refractivity contribution >= 4 is 5.97 Å². The van der Waals surface area contributed by atoms with Crippen LogP contribution >= 0.6 is 0 Å². The van der Waals surface area contributed by atoms with Crippen molar-refractivity contribution in [2.45, 2.75) is 44.7 Å². The van der Waals surface area contributed by atoms with Gasteiger partial charge in [0.25, 0.3) is 0 Å². The lowest BCUT2D eigenvalue weighted by Crippen LogP contribution is -2.35. The number of likely N-dealkylation sites (tertiary alicyclic amines) is 1. The number of carbonyl (C=O) groups is 1. The van der Waals surface area contributed by atoms with Crippen molar-refractivity contribution < 1.29 is 9.53 Å². The van der Waals surface area contributed by atoms with E-state index in [0.717, 1.165) is 57.4 Å². The van der Waals surface area contributed by atoms with Gasteiger partial charge in [-0.25, -0.2) is 4.79 Å². The first kappa shape index (κ1) is 21.2. The van der Waals surface area contributed by atoms with Gasteiger partial charge < -0.3 is 14.2 Å². The predicted octanol–water partition coefficient (Wildman–Crippen LogP) is 3.44. The van der Waals surface area contributed by atoms with Gasteiger partial charge in [0.15, 0.2) is 0 Å². The summed E-state index contributed by atoms with van der Waals surface area (Å²) in [6.07, 6.45) is 7.47. The van der Waals surface area contributed by atoms with E-state index in [1.165, 1.54) is 13.5 Å². The number of ether oxygens (including phenoxy) is 1. The molecule has 3 heterocycles. The molecular formula is C23H30N6O2. The van der Waals surface area contributed by atoms with Crippen LogP contribution in [0.2, 0.25) is 0 Å². The van der Waals surface area contributed by atoms with E-state index in [4.69, 9.17) is 4.74 Å². The maximum absolute atomic E-state index is 11.9. The number of benzene rings is 1. The highest BCUT2D eigenvalue weighted by atomic mass is 16.5. The summed E-state index contributed by atoms with van der Waals surface area (Å²) in [4.78, 5) is 16.1. The molecule has 0 N–H and O–H groups in total. The summed E-state index contributed by atoms with van der Waals surface area (Å²) in [5.41, 5.74) is 1.65. The molecule has 0 saturated carbocycles. The van der Waals surface area contributed by atoms with Crippen molar-refractivity contribution in [2.24, 2.45) is 0 Å². The van der Waals surface area contributed by atoms with Crippen LogP contribution in [0.25, 0.3) is 11.4 Å². The fourth-order valence-electron chi connectivity index (χ4n) is 4.22. The predicted molar refractivity (Wildman–Crippen MR) is 118 cm³/mol. The smallest absolute Gasteiger partial charge is 0.354 e. The topological polar surface area (TPSA) is 78.1 Å². The molecule has 2 aromatic heterocycles. The average Bonchev–Trinajstić information content (AvgIpc) is 3.49. The minimum atomic E-state index is -0.259. The van der Waals surface area contributed by atoms with Crippen LogP contribution in [0.3, 0.4) is 0 Å². The number of esters is 1. The van der Waals surface area contributed by atoms with Crippen LogP contribution < -0.4 is 0 Å². The largest absolute Gasteiger partial charge is 0.464 e. The van der Waals surface area contributed by atoms with E-state index in [1.807, 2.05) is 48.7 Å². The summed E-state index contributed by atoms with van der Waals surface area (Å²) in [6.45, 7) is 4.04. The Hall–Kier alpha value is -3.00.